The Labute approximate surface area is 200 Å². The standard InChI is InChI=1S/C28H22O7/c29-18-5-2-15(3-6-18)1-4-16-9-22(33)14-25-26(16)27(17-10-20(31)12-21(32)11-17)28(35-25)23-8-7-19(30)13-24(23)34/h1-14,27-34H/b4-1+/t27-,28+/m0/s1. The van der Waals surface area contributed by atoms with Crippen molar-refractivity contribution in [1.29, 1.82) is 0 Å². The first-order valence-electron chi connectivity index (χ1n) is 10.8. The van der Waals surface area contributed by atoms with Crippen LogP contribution in [-0.4, -0.2) is 30.6 Å². The molecule has 35 heavy (non-hydrogen) atoms. The molecule has 0 unspecified atom stereocenters. The topological polar surface area (TPSA) is 131 Å². The summed E-state index contributed by atoms with van der Waals surface area (Å²) in [6, 6.07) is 18.1. The van der Waals surface area contributed by atoms with Gasteiger partial charge in [-0.1, -0.05) is 24.3 Å². The first-order valence-corrected chi connectivity index (χ1v) is 10.8. The molecule has 6 N–H and O–H groups in total. The normalized spacial score (nSPS) is 16.8. The summed E-state index contributed by atoms with van der Waals surface area (Å²) in [7, 11) is 0. The van der Waals surface area contributed by atoms with Crippen LogP contribution in [0.4, 0.5) is 0 Å². The predicted molar refractivity (Wildman–Crippen MR) is 130 cm³/mol. The Morgan fingerprint density at radius 2 is 1.26 bits per heavy atom. The average molecular weight is 470 g/mol. The van der Waals surface area contributed by atoms with Crippen LogP contribution in [0.2, 0.25) is 0 Å². The third kappa shape index (κ3) is 4.27. The van der Waals surface area contributed by atoms with E-state index in [0.29, 0.717) is 28.0 Å². The smallest absolute Gasteiger partial charge is 0.138 e. The van der Waals surface area contributed by atoms with Gasteiger partial charge in [-0.15, -0.1) is 0 Å². The molecule has 7 heteroatoms. The van der Waals surface area contributed by atoms with E-state index in [2.05, 4.69) is 0 Å². The Kier molecular flexibility index (Phi) is 5.37. The molecule has 7 nitrogen and oxygen atoms in total. The van der Waals surface area contributed by atoms with Gasteiger partial charge in [0.2, 0.25) is 0 Å². The number of aromatic hydroxyl groups is 6. The summed E-state index contributed by atoms with van der Waals surface area (Å²) in [4.78, 5) is 0. The van der Waals surface area contributed by atoms with E-state index in [1.165, 1.54) is 36.4 Å². The van der Waals surface area contributed by atoms with E-state index < -0.39 is 12.0 Å². The van der Waals surface area contributed by atoms with Gasteiger partial charge in [-0.05, 0) is 59.2 Å². The largest absolute Gasteiger partial charge is 0.508 e. The molecule has 176 valence electrons. The van der Waals surface area contributed by atoms with Crippen LogP contribution in [0.5, 0.6) is 40.2 Å². The zero-order valence-corrected chi connectivity index (χ0v) is 18.3. The van der Waals surface area contributed by atoms with Crippen LogP contribution in [0, 0.1) is 0 Å². The van der Waals surface area contributed by atoms with Crippen LogP contribution < -0.4 is 4.74 Å². The lowest BCUT2D eigenvalue weighted by Crippen LogP contribution is -2.12. The maximum absolute atomic E-state index is 10.6. The van der Waals surface area contributed by atoms with Crippen molar-refractivity contribution >= 4 is 12.2 Å². The molecule has 1 aliphatic rings. The van der Waals surface area contributed by atoms with Gasteiger partial charge in [0.05, 0.1) is 5.92 Å². The van der Waals surface area contributed by atoms with Crippen molar-refractivity contribution in [3.05, 3.63) is 101 Å². The van der Waals surface area contributed by atoms with Crippen molar-refractivity contribution in [3.63, 3.8) is 0 Å². The zero-order valence-electron chi connectivity index (χ0n) is 18.3. The Balaban J connectivity index is 1.69. The van der Waals surface area contributed by atoms with Gasteiger partial charge < -0.3 is 35.4 Å². The second-order valence-corrected chi connectivity index (χ2v) is 8.41. The molecule has 0 aliphatic carbocycles. The number of fused-ring (bicyclic) bond motifs is 1. The summed E-state index contributed by atoms with van der Waals surface area (Å²) >= 11 is 0. The van der Waals surface area contributed by atoms with Gasteiger partial charge in [-0.3, -0.25) is 0 Å². The van der Waals surface area contributed by atoms with Crippen LogP contribution in [0.3, 0.4) is 0 Å². The first kappa shape index (κ1) is 22.0. The number of phenols is 6. The van der Waals surface area contributed by atoms with Crippen molar-refractivity contribution in [3.8, 4) is 40.2 Å². The van der Waals surface area contributed by atoms with Crippen molar-refractivity contribution in [1.82, 2.24) is 0 Å². The van der Waals surface area contributed by atoms with Gasteiger partial charge in [-0.25, -0.2) is 0 Å². The fourth-order valence-corrected chi connectivity index (χ4v) is 4.48. The van der Waals surface area contributed by atoms with Gasteiger partial charge in [0.1, 0.15) is 46.4 Å². The minimum Gasteiger partial charge on any atom is -0.508 e. The molecule has 0 spiro atoms. The predicted octanol–water partition coefficient (Wildman–Crippen LogP) is 5.36. The van der Waals surface area contributed by atoms with E-state index in [0.717, 1.165) is 5.56 Å². The molecule has 4 aromatic carbocycles. The molecule has 0 saturated carbocycles. The summed E-state index contributed by atoms with van der Waals surface area (Å²) in [6.45, 7) is 0. The van der Waals surface area contributed by atoms with Crippen LogP contribution in [-0.2, 0) is 0 Å². The van der Waals surface area contributed by atoms with Crippen molar-refractivity contribution in [2.45, 2.75) is 12.0 Å². The van der Waals surface area contributed by atoms with Gasteiger partial charge in [0, 0.05) is 29.3 Å². The second-order valence-electron chi connectivity index (χ2n) is 8.41. The second kappa shape index (κ2) is 8.53. The molecular weight excluding hydrogens is 448 g/mol. The molecule has 0 fully saturated rings. The van der Waals surface area contributed by atoms with Crippen LogP contribution in [0.25, 0.3) is 12.2 Å². The quantitative estimate of drug-likeness (QED) is 0.222. The molecule has 0 saturated heterocycles. The summed E-state index contributed by atoms with van der Waals surface area (Å²) in [5.74, 6) is -0.647. The van der Waals surface area contributed by atoms with Gasteiger partial charge in [0.15, 0.2) is 0 Å². The molecule has 5 rings (SSSR count). The zero-order chi connectivity index (χ0) is 24.7. The highest BCUT2D eigenvalue weighted by molar-refractivity contribution is 5.75. The molecule has 1 heterocycles. The molecule has 2 atom stereocenters. The Morgan fingerprint density at radius 1 is 0.600 bits per heavy atom. The van der Waals surface area contributed by atoms with Gasteiger partial charge >= 0.3 is 0 Å². The lowest BCUT2D eigenvalue weighted by atomic mass is 9.82. The van der Waals surface area contributed by atoms with Crippen LogP contribution in [0.15, 0.2) is 72.8 Å². The monoisotopic (exact) mass is 470 g/mol. The Morgan fingerprint density at radius 3 is 1.94 bits per heavy atom. The maximum Gasteiger partial charge on any atom is 0.138 e. The lowest BCUT2D eigenvalue weighted by Gasteiger charge is -2.22. The van der Waals surface area contributed by atoms with Gasteiger partial charge in [-0.2, -0.15) is 0 Å². The fraction of sp³-hybridized carbons (Fsp3) is 0.0714. The highest BCUT2D eigenvalue weighted by Crippen LogP contribution is 2.54. The van der Waals surface area contributed by atoms with Crippen LogP contribution >= 0.6 is 0 Å². The average Bonchev–Trinajstić information content (AvgIpc) is 3.17. The summed E-state index contributed by atoms with van der Waals surface area (Å²) in [6.07, 6.45) is 2.83. The molecule has 0 bridgehead atoms. The number of hydrogen-bond acceptors (Lipinski definition) is 7. The molecule has 4 aromatic rings. The Bertz CT molecular complexity index is 1420. The minimum absolute atomic E-state index is 0.0257. The van der Waals surface area contributed by atoms with E-state index >= 15 is 0 Å². The molecular formula is C28H22O7. The molecule has 0 radical (unpaired) electrons. The van der Waals surface area contributed by atoms with E-state index in [-0.39, 0.29) is 34.5 Å². The highest BCUT2D eigenvalue weighted by Gasteiger charge is 2.40. The van der Waals surface area contributed by atoms with E-state index in [9.17, 15) is 30.6 Å². The first-order chi connectivity index (χ1) is 16.8. The van der Waals surface area contributed by atoms with Crippen molar-refractivity contribution < 1.29 is 35.4 Å². The van der Waals surface area contributed by atoms with E-state index in [1.807, 2.05) is 6.08 Å². The maximum atomic E-state index is 10.6. The lowest BCUT2D eigenvalue weighted by molar-refractivity contribution is 0.216. The number of hydrogen-bond donors (Lipinski definition) is 6. The molecule has 1 aliphatic heterocycles. The van der Waals surface area contributed by atoms with Crippen molar-refractivity contribution in [2.75, 3.05) is 0 Å². The van der Waals surface area contributed by atoms with E-state index in [4.69, 9.17) is 4.74 Å². The van der Waals surface area contributed by atoms with Crippen molar-refractivity contribution in [2.24, 2.45) is 0 Å². The third-order valence-electron chi connectivity index (χ3n) is 5.98. The third-order valence-corrected chi connectivity index (χ3v) is 5.98. The van der Waals surface area contributed by atoms with Crippen LogP contribution in [0.1, 0.15) is 39.8 Å². The Hall–Kier alpha value is -4.78. The van der Waals surface area contributed by atoms with E-state index in [1.54, 1.807) is 42.5 Å². The summed E-state index contributed by atoms with van der Waals surface area (Å²) < 4.78 is 6.22. The molecule has 0 amide bonds. The number of benzene rings is 4. The summed E-state index contributed by atoms with van der Waals surface area (Å²) in [5, 5.41) is 60.6. The summed E-state index contributed by atoms with van der Waals surface area (Å²) in [5.41, 5.74) is 3.04. The highest BCUT2D eigenvalue weighted by atomic mass is 16.5. The fourth-order valence-electron chi connectivity index (χ4n) is 4.48. The SMILES string of the molecule is Oc1ccc(/C=C/c2cc(O)cc3c2[C@H](c2cc(O)cc(O)c2)[C@@H](c2ccc(O)cc2O)O3)cc1. The number of phenolic OH excluding ortho intramolecular Hbond substituents is 6. The minimum atomic E-state index is -0.783. The number of rotatable bonds is 4. The molecule has 0 aromatic heterocycles. The van der Waals surface area contributed by atoms with Gasteiger partial charge in [0.25, 0.3) is 0 Å². The number of ether oxygens (including phenoxy) is 1.